The SMILES string of the molecule is O=C(Cc1ccc(Br)c2ccccc12)NN=Cc1cc(I)ccc1O. The number of hydrazone groups is 1. The lowest BCUT2D eigenvalue weighted by Gasteiger charge is -2.07. The van der Waals surface area contributed by atoms with Gasteiger partial charge in [0.15, 0.2) is 0 Å². The zero-order chi connectivity index (χ0) is 17.8. The van der Waals surface area contributed by atoms with E-state index in [0.717, 1.165) is 24.4 Å². The molecule has 0 aliphatic carbocycles. The van der Waals surface area contributed by atoms with Gasteiger partial charge in [-0.3, -0.25) is 4.79 Å². The topological polar surface area (TPSA) is 61.7 Å². The van der Waals surface area contributed by atoms with E-state index in [4.69, 9.17) is 0 Å². The molecule has 2 N–H and O–H groups in total. The molecule has 25 heavy (non-hydrogen) atoms. The quantitative estimate of drug-likeness (QED) is 0.307. The molecule has 0 aliphatic rings. The summed E-state index contributed by atoms with van der Waals surface area (Å²) in [7, 11) is 0. The minimum absolute atomic E-state index is 0.123. The molecule has 126 valence electrons. The molecule has 0 fully saturated rings. The molecule has 1 amide bonds. The molecule has 3 aromatic carbocycles. The summed E-state index contributed by atoms with van der Waals surface area (Å²) in [6.07, 6.45) is 1.67. The number of nitrogens with one attached hydrogen (secondary N) is 1. The molecule has 0 spiro atoms. The summed E-state index contributed by atoms with van der Waals surface area (Å²) < 4.78 is 1.98. The minimum Gasteiger partial charge on any atom is -0.507 e. The third kappa shape index (κ3) is 4.38. The van der Waals surface area contributed by atoms with Gasteiger partial charge in [-0.05, 0) is 63.2 Å². The van der Waals surface area contributed by atoms with Gasteiger partial charge >= 0.3 is 0 Å². The largest absolute Gasteiger partial charge is 0.507 e. The Morgan fingerprint density at radius 3 is 2.72 bits per heavy atom. The van der Waals surface area contributed by atoms with Crippen molar-refractivity contribution in [3.63, 3.8) is 0 Å². The van der Waals surface area contributed by atoms with Gasteiger partial charge in [0, 0.05) is 13.6 Å². The van der Waals surface area contributed by atoms with Gasteiger partial charge in [0.05, 0.1) is 12.6 Å². The highest BCUT2D eigenvalue weighted by atomic mass is 127. The zero-order valence-corrected chi connectivity index (χ0v) is 16.8. The lowest BCUT2D eigenvalue weighted by Crippen LogP contribution is -2.19. The molecule has 0 atom stereocenters. The van der Waals surface area contributed by atoms with Crippen molar-refractivity contribution in [3.05, 3.63) is 73.8 Å². The molecule has 4 nitrogen and oxygen atoms in total. The van der Waals surface area contributed by atoms with Gasteiger partial charge in [0.1, 0.15) is 5.75 Å². The Kier molecular flexibility index (Phi) is 5.70. The number of hydrogen-bond acceptors (Lipinski definition) is 3. The smallest absolute Gasteiger partial charge is 0.244 e. The summed E-state index contributed by atoms with van der Waals surface area (Å²) in [5.74, 6) is -0.0915. The Hall–Kier alpha value is -1.93. The van der Waals surface area contributed by atoms with Crippen LogP contribution in [0.25, 0.3) is 10.8 Å². The predicted octanol–water partition coefficient (Wildman–Crippen LogP) is 4.61. The molecule has 0 radical (unpaired) electrons. The van der Waals surface area contributed by atoms with Crippen molar-refractivity contribution < 1.29 is 9.90 Å². The van der Waals surface area contributed by atoms with Gasteiger partial charge in [-0.25, -0.2) is 5.43 Å². The average molecular weight is 509 g/mol. The number of rotatable bonds is 4. The number of hydrogen-bond donors (Lipinski definition) is 2. The Labute approximate surface area is 167 Å². The fourth-order valence-electron chi connectivity index (χ4n) is 2.49. The highest BCUT2D eigenvalue weighted by Crippen LogP contribution is 2.27. The Morgan fingerprint density at radius 2 is 1.92 bits per heavy atom. The third-order valence-corrected chi connectivity index (χ3v) is 5.06. The molecule has 0 bridgehead atoms. The number of fused-ring (bicyclic) bond motifs is 1. The number of nitrogens with zero attached hydrogens (tertiary/aromatic N) is 1. The van der Waals surface area contributed by atoms with E-state index in [0.29, 0.717) is 5.56 Å². The number of carbonyl (C=O) groups is 1. The van der Waals surface area contributed by atoms with E-state index in [1.165, 1.54) is 6.21 Å². The second-order valence-corrected chi connectivity index (χ2v) is 7.53. The first-order valence-corrected chi connectivity index (χ1v) is 9.38. The van der Waals surface area contributed by atoms with Crippen molar-refractivity contribution >= 4 is 61.4 Å². The van der Waals surface area contributed by atoms with E-state index in [1.807, 2.05) is 36.4 Å². The Morgan fingerprint density at radius 1 is 1.16 bits per heavy atom. The summed E-state index contributed by atoms with van der Waals surface area (Å²) >= 11 is 5.68. The maximum Gasteiger partial charge on any atom is 0.244 e. The molecule has 0 aliphatic heterocycles. The van der Waals surface area contributed by atoms with E-state index in [1.54, 1.807) is 18.2 Å². The molecule has 3 rings (SSSR count). The Balaban J connectivity index is 1.72. The molecular weight excluding hydrogens is 495 g/mol. The number of phenolic OH excluding ortho intramolecular Hbond substituents is 1. The van der Waals surface area contributed by atoms with Crippen molar-refractivity contribution in [2.45, 2.75) is 6.42 Å². The standard InChI is InChI=1S/C19H14BrIN2O2/c20-17-7-5-12(15-3-1-2-4-16(15)17)10-19(25)23-22-11-13-9-14(21)6-8-18(13)24/h1-9,11,24H,10H2,(H,23,25). The van der Waals surface area contributed by atoms with Crippen LogP contribution >= 0.6 is 38.5 Å². The van der Waals surface area contributed by atoms with Gasteiger partial charge in [-0.15, -0.1) is 0 Å². The molecule has 0 heterocycles. The van der Waals surface area contributed by atoms with Crippen molar-refractivity contribution in [1.29, 1.82) is 0 Å². The summed E-state index contributed by atoms with van der Waals surface area (Å²) in [4.78, 5) is 12.2. The van der Waals surface area contributed by atoms with E-state index in [-0.39, 0.29) is 18.1 Å². The lowest BCUT2D eigenvalue weighted by molar-refractivity contribution is -0.120. The Bertz CT molecular complexity index is 973. The minimum atomic E-state index is -0.214. The monoisotopic (exact) mass is 508 g/mol. The van der Waals surface area contributed by atoms with E-state index >= 15 is 0 Å². The highest BCUT2D eigenvalue weighted by Gasteiger charge is 2.08. The number of benzene rings is 3. The van der Waals surface area contributed by atoms with Gasteiger partial charge < -0.3 is 5.11 Å². The van der Waals surface area contributed by atoms with Crippen LogP contribution in [0.15, 0.2) is 64.2 Å². The molecule has 6 heteroatoms. The number of halogens is 2. The van der Waals surface area contributed by atoms with Crippen LogP contribution in [-0.4, -0.2) is 17.2 Å². The summed E-state index contributed by atoms with van der Waals surface area (Å²) in [6, 6.07) is 17.0. The first kappa shape index (κ1) is 17.9. The summed E-state index contributed by atoms with van der Waals surface area (Å²) in [5, 5.41) is 15.8. The van der Waals surface area contributed by atoms with Crippen molar-refractivity contribution in [3.8, 4) is 5.75 Å². The molecule has 0 saturated heterocycles. The van der Waals surface area contributed by atoms with Crippen LogP contribution in [0.1, 0.15) is 11.1 Å². The first-order chi connectivity index (χ1) is 12.0. The van der Waals surface area contributed by atoms with E-state index in [9.17, 15) is 9.90 Å². The first-order valence-electron chi connectivity index (χ1n) is 7.51. The number of carbonyl (C=O) groups excluding carboxylic acids is 1. The summed E-state index contributed by atoms with van der Waals surface area (Å²) in [5.41, 5.74) is 4.00. The van der Waals surface area contributed by atoms with Crippen molar-refractivity contribution in [2.75, 3.05) is 0 Å². The summed E-state index contributed by atoms with van der Waals surface area (Å²) in [6.45, 7) is 0. The van der Waals surface area contributed by atoms with Crippen LogP contribution in [0.4, 0.5) is 0 Å². The van der Waals surface area contributed by atoms with Crippen LogP contribution in [0.3, 0.4) is 0 Å². The number of phenols is 1. The van der Waals surface area contributed by atoms with Gasteiger partial charge in [-0.1, -0.05) is 46.3 Å². The second kappa shape index (κ2) is 7.97. The maximum absolute atomic E-state index is 12.2. The van der Waals surface area contributed by atoms with Crippen LogP contribution in [-0.2, 0) is 11.2 Å². The van der Waals surface area contributed by atoms with Crippen LogP contribution in [0, 0.1) is 3.57 Å². The van der Waals surface area contributed by atoms with Crippen LogP contribution in [0.5, 0.6) is 5.75 Å². The molecule has 0 aromatic heterocycles. The van der Waals surface area contributed by atoms with Gasteiger partial charge in [0.25, 0.3) is 0 Å². The third-order valence-electron chi connectivity index (χ3n) is 3.69. The molecule has 0 unspecified atom stereocenters. The zero-order valence-electron chi connectivity index (χ0n) is 13.0. The lowest BCUT2D eigenvalue weighted by atomic mass is 10.0. The average Bonchev–Trinajstić information content (AvgIpc) is 2.61. The molecule has 0 saturated carbocycles. The van der Waals surface area contributed by atoms with Crippen LogP contribution < -0.4 is 5.43 Å². The number of aromatic hydroxyl groups is 1. The second-order valence-electron chi connectivity index (χ2n) is 5.43. The van der Waals surface area contributed by atoms with Gasteiger partial charge in [-0.2, -0.15) is 5.10 Å². The fourth-order valence-corrected chi connectivity index (χ4v) is 3.49. The number of amides is 1. The van der Waals surface area contributed by atoms with Crippen molar-refractivity contribution in [1.82, 2.24) is 5.43 Å². The van der Waals surface area contributed by atoms with Crippen LogP contribution in [0.2, 0.25) is 0 Å². The van der Waals surface area contributed by atoms with E-state index in [2.05, 4.69) is 49.0 Å². The molecular formula is C19H14BrIN2O2. The predicted molar refractivity (Wildman–Crippen MR) is 112 cm³/mol. The maximum atomic E-state index is 12.2. The normalized spacial score (nSPS) is 11.1. The molecule has 3 aromatic rings. The fraction of sp³-hybridized carbons (Fsp3) is 0.0526. The van der Waals surface area contributed by atoms with Crippen molar-refractivity contribution in [2.24, 2.45) is 5.10 Å². The van der Waals surface area contributed by atoms with Gasteiger partial charge in [0.2, 0.25) is 5.91 Å². The van der Waals surface area contributed by atoms with E-state index < -0.39 is 0 Å². The highest BCUT2D eigenvalue weighted by molar-refractivity contribution is 14.1.